The summed E-state index contributed by atoms with van der Waals surface area (Å²) in [6.07, 6.45) is -3.60. The molecule has 0 aliphatic rings. The molecule has 2 nitrogen and oxygen atoms in total. The van der Waals surface area contributed by atoms with E-state index in [0.29, 0.717) is 0 Å². The van der Waals surface area contributed by atoms with Gasteiger partial charge in [0.05, 0.1) is 5.57 Å². The largest absolute Gasteiger partial charge is 0.573 e. The second-order valence-corrected chi connectivity index (χ2v) is 1.79. The summed E-state index contributed by atoms with van der Waals surface area (Å²) in [5.74, 6) is -0.688. The van der Waals surface area contributed by atoms with Gasteiger partial charge < -0.3 is 4.74 Å². The first-order valence-electron chi connectivity index (χ1n) is 2.92. The summed E-state index contributed by atoms with van der Waals surface area (Å²) in [5.41, 5.74) is -0.229. The van der Waals surface area contributed by atoms with Gasteiger partial charge in [-0.15, -0.1) is 13.2 Å². The van der Waals surface area contributed by atoms with Gasteiger partial charge in [0.15, 0.2) is 0 Å². The molecule has 66 valence electrons. The molecule has 0 aliphatic heterocycles. The van der Waals surface area contributed by atoms with E-state index in [4.69, 9.17) is 5.26 Å². The summed E-state index contributed by atoms with van der Waals surface area (Å²) in [6.45, 7) is 4.37. The van der Waals surface area contributed by atoms with Crippen LogP contribution in [0.15, 0.2) is 24.0 Å². The molecule has 0 saturated carbocycles. The molecule has 0 aromatic heterocycles. The number of halogens is 3. The Kier molecular flexibility index (Phi) is 3.35. The highest BCUT2D eigenvalue weighted by atomic mass is 19.4. The SMILES string of the molecule is C=C(OC(F)(F)F)C(C#N)=CC. The Bertz CT molecular complexity index is 246. The first kappa shape index (κ1) is 10.6. The van der Waals surface area contributed by atoms with Gasteiger partial charge in [0.1, 0.15) is 11.8 Å². The van der Waals surface area contributed by atoms with Crippen molar-refractivity contribution in [1.82, 2.24) is 0 Å². The molecule has 0 aromatic rings. The van der Waals surface area contributed by atoms with Crippen LogP contribution in [0.25, 0.3) is 0 Å². The first-order valence-corrected chi connectivity index (χ1v) is 2.92. The summed E-state index contributed by atoms with van der Waals surface area (Å²) in [5, 5.41) is 8.27. The summed E-state index contributed by atoms with van der Waals surface area (Å²) in [4.78, 5) is 0. The Labute approximate surface area is 67.6 Å². The normalized spacial score (nSPS) is 12.1. The molecule has 0 amide bonds. The molecule has 0 N–H and O–H groups in total. The minimum absolute atomic E-state index is 0.229. The van der Waals surface area contributed by atoms with Gasteiger partial charge in [-0.05, 0) is 6.92 Å². The molecule has 0 rings (SSSR count). The van der Waals surface area contributed by atoms with Crippen molar-refractivity contribution in [2.75, 3.05) is 0 Å². The van der Waals surface area contributed by atoms with Crippen LogP contribution >= 0.6 is 0 Å². The Balaban J connectivity index is 4.36. The van der Waals surface area contributed by atoms with Crippen molar-refractivity contribution < 1.29 is 17.9 Å². The van der Waals surface area contributed by atoms with Crippen molar-refractivity contribution in [3.05, 3.63) is 24.0 Å². The third-order valence-electron chi connectivity index (χ3n) is 0.948. The van der Waals surface area contributed by atoms with Crippen molar-refractivity contribution in [1.29, 1.82) is 5.26 Å². The summed E-state index contributed by atoms with van der Waals surface area (Å²) in [6, 6.07) is 1.51. The van der Waals surface area contributed by atoms with E-state index in [9.17, 15) is 13.2 Å². The predicted molar refractivity (Wildman–Crippen MR) is 35.7 cm³/mol. The van der Waals surface area contributed by atoms with Crippen LogP contribution < -0.4 is 0 Å². The highest BCUT2D eigenvalue weighted by Crippen LogP contribution is 2.23. The molecule has 0 aliphatic carbocycles. The van der Waals surface area contributed by atoms with Gasteiger partial charge in [-0.2, -0.15) is 5.26 Å². The van der Waals surface area contributed by atoms with Crippen LogP contribution in [0.2, 0.25) is 0 Å². The highest BCUT2D eigenvalue weighted by Gasteiger charge is 2.32. The maximum Gasteiger partial charge on any atom is 0.573 e. The van der Waals surface area contributed by atoms with E-state index in [2.05, 4.69) is 11.3 Å². The lowest BCUT2D eigenvalue weighted by Gasteiger charge is -2.09. The monoisotopic (exact) mass is 177 g/mol. The lowest BCUT2D eigenvalue weighted by Crippen LogP contribution is -2.13. The van der Waals surface area contributed by atoms with Gasteiger partial charge in [-0.1, -0.05) is 12.7 Å². The van der Waals surface area contributed by atoms with Crippen LogP contribution in [0.4, 0.5) is 13.2 Å². The molecule has 0 spiro atoms. The van der Waals surface area contributed by atoms with Crippen LogP contribution in [-0.2, 0) is 4.74 Å². The Morgan fingerprint density at radius 3 is 2.33 bits per heavy atom. The second kappa shape index (κ2) is 3.81. The van der Waals surface area contributed by atoms with Crippen molar-refractivity contribution in [3.63, 3.8) is 0 Å². The summed E-state index contributed by atoms with van der Waals surface area (Å²) in [7, 11) is 0. The van der Waals surface area contributed by atoms with Gasteiger partial charge in [-0.25, -0.2) is 0 Å². The van der Waals surface area contributed by atoms with Gasteiger partial charge in [0.25, 0.3) is 0 Å². The maximum atomic E-state index is 11.5. The topological polar surface area (TPSA) is 33.0 Å². The molecule has 0 saturated heterocycles. The molecule has 0 bridgehead atoms. The fourth-order valence-corrected chi connectivity index (χ4v) is 0.483. The van der Waals surface area contributed by atoms with Crippen molar-refractivity contribution >= 4 is 0 Å². The van der Waals surface area contributed by atoms with Crippen LogP contribution in [0.1, 0.15) is 6.92 Å². The summed E-state index contributed by atoms with van der Waals surface area (Å²) < 4.78 is 38.0. The molecule has 0 aromatic carbocycles. The Hall–Kier alpha value is -1.44. The minimum Gasteiger partial charge on any atom is -0.405 e. The fraction of sp³-hybridized carbons (Fsp3) is 0.286. The maximum absolute atomic E-state index is 11.5. The highest BCUT2D eigenvalue weighted by molar-refractivity contribution is 5.35. The quantitative estimate of drug-likeness (QED) is 0.369. The summed E-state index contributed by atoms with van der Waals surface area (Å²) >= 11 is 0. The zero-order chi connectivity index (χ0) is 9.78. The van der Waals surface area contributed by atoms with Gasteiger partial charge >= 0.3 is 6.36 Å². The molecule has 0 atom stereocenters. The fourth-order valence-electron chi connectivity index (χ4n) is 0.483. The number of rotatable bonds is 2. The Morgan fingerprint density at radius 1 is 1.58 bits per heavy atom. The average molecular weight is 177 g/mol. The lowest BCUT2D eigenvalue weighted by atomic mass is 10.2. The predicted octanol–water partition coefficient (Wildman–Crippen LogP) is 2.51. The van der Waals surface area contributed by atoms with E-state index in [1.807, 2.05) is 0 Å². The molecule has 5 heteroatoms. The first-order chi connectivity index (χ1) is 5.40. The molecular weight excluding hydrogens is 171 g/mol. The number of alkyl halides is 3. The van der Waals surface area contributed by atoms with Crippen LogP contribution in [0, 0.1) is 11.3 Å². The van der Waals surface area contributed by atoms with Crippen molar-refractivity contribution in [2.45, 2.75) is 13.3 Å². The zero-order valence-corrected chi connectivity index (χ0v) is 6.27. The third-order valence-corrected chi connectivity index (χ3v) is 0.948. The second-order valence-electron chi connectivity index (χ2n) is 1.79. The molecule has 0 radical (unpaired) electrons. The molecule has 0 fully saturated rings. The molecular formula is C7H6F3NO. The minimum atomic E-state index is -4.79. The number of hydrogen-bond donors (Lipinski definition) is 0. The van der Waals surface area contributed by atoms with Crippen molar-refractivity contribution in [2.24, 2.45) is 0 Å². The Morgan fingerprint density at radius 2 is 2.08 bits per heavy atom. The van der Waals surface area contributed by atoms with Gasteiger partial charge in [0, 0.05) is 0 Å². The van der Waals surface area contributed by atoms with E-state index in [0.717, 1.165) is 0 Å². The number of nitriles is 1. The van der Waals surface area contributed by atoms with Crippen LogP contribution in [-0.4, -0.2) is 6.36 Å². The van der Waals surface area contributed by atoms with E-state index in [1.165, 1.54) is 19.1 Å². The molecule has 0 heterocycles. The van der Waals surface area contributed by atoms with E-state index >= 15 is 0 Å². The number of ether oxygens (including phenoxy) is 1. The van der Waals surface area contributed by atoms with Gasteiger partial charge in [0.2, 0.25) is 0 Å². The standard InChI is InChI=1S/C7H6F3NO/c1-3-6(4-11)5(2)12-7(8,9)10/h3H,2H2,1H3. The number of hydrogen-bond acceptors (Lipinski definition) is 2. The van der Waals surface area contributed by atoms with Gasteiger partial charge in [-0.3, -0.25) is 0 Å². The lowest BCUT2D eigenvalue weighted by molar-refractivity contribution is -0.303. The molecule has 12 heavy (non-hydrogen) atoms. The number of allylic oxidation sites excluding steroid dienone is 2. The van der Waals surface area contributed by atoms with E-state index in [1.54, 1.807) is 0 Å². The zero-order valence-electron chi connectivity index (χ0n) is 6.27. The van der Waals surface area contributed by atoms with E-state index in [-0.39, 0.29) is 5.57 Å². The van der Waals surface area contributed by atoms with Crippen LogP contribution in [0.5, 0.6) is 0 Å². The van der Waals surface area contributed by atoms with Crippen LogP contribution in [0.3, 0.4) is 0 Å². The molecule has 0 unspecified atom stereocenters. The number of nitrogens with zero attached hydrogens (tertiary/aromatic N) is 1. The average Bonchev–Trinajstić information content (AvgIpc) is 1.85. The van der Waals surface area contributed by atoms with Crippen molar-refractivity contribution in [3.8, 4) is 6.07 Å². The third kappa shape index (κ3) is 3.66. The smallest absolute Gasteiger partial charge is 0.405 e. The van der Waals surface area contributed by atoms with E-state index < -0.39 is 12.1 Å².